The van der Waals surface area contributed by atoms with Crippen molar-refractivity contribution >= 4 is 0 Å². The molecule has 3 aliphatic rings. The third-order valence-corrected chi connectivity index (χ3v) is 5.17. The van der Waals surface area contributed by atoms with Gasteiger partial charge in [0.05, 0.1) is 6.61 Å². The van der Waals surface area contributed by atoms with E-state index in [2.05, 4.69) is 5.32 Å². The first-order valence-corrected chi connectivity index (χ1v) is 6.67. The van der Waals surface area contributed by atoms with Crippen LogP contribution in [0, 0.1) is 17.8 Å². The Balaban J connectivity index is 1.64. The maximum Gasteiger partial charge on any atom is 0.0613 e. The summed E-state index contributed by atoms with van der Waals surface area (Å²) >= 11 is 0. The fourth-order valence-corrected chi connectivity index (χ4v) is 4.37. The second-order valence-electron chi connectivity index (χ2n) is 6.11. The monoisotopic (exact) mass is 209 g/mol. The Labute approximate surface area is 92.4 Å². The van der Waals surface area contributed by atoms with E-state index in [1.54, 1.807) is 0 Å². The van der Waals surface area contributed by atoms with E-state index in [1.807, 2.05) is 0 Å². The number of hydrogen-bond donors (Lipinski definition) is 2. The molecule has 4 atom stereocenters. The second kappa shape index (κ2) is 3.74. The van der Waals surface area contributed by atoms with Crippen molar-refractivity contribution in [2.24, 2.45) is 17.8 Å². The standard InChI is InChI=1S/C13H23NO/c15-9-13(4-1-5-14-13)8-12-7-10-2-3-11(12)6-10/h10-12,14-15H,1-9H2. The second-order valence-corrected chi connectivity index (χ2v) is 6.11. The van der Waals surface area contributed by atoms with Gasteiger partial charge in [-0.25, -0.2) is 0 Å². The molecule has 0 aromatic rings. The van der Waals surface area contributed by atoms with E-state index in [-0.39, 0.29) is 5.54 Å². The van der Waals surface area contributed by atoms with Gasteiger partial charge in [0.25, 0.3) is 0 Å². The number of rotatable bonds is 3. The van der Waals surface area contributed by atoms with E-state index >= 15 is 0 Å². The van der Waals surface area contributed by atoms with Gasteiger partial charge in [-0.1, -0.05) is 6.42 Å². The van der Waals surface area contributed by atoms with E-state index in [4.69, 9.17) is 0 Å². The minimum atomic E-state index is 0.106. The lowest BCUT2D eigenvalue weighted by atomic mass is 9.78. The fourth-order valence-electron chi connectivity index (χ4n) is 4.37. The minimum absolute atomic E-state index is 0.106. The topological polar surface area (TPSA) is 32.3 Å². The van der Waals surface area contributed by atoms with E-state index in [0.29, 0.717) is 6.61 Å². The maximum atomic E-state index is 9.58. The lowest BCUT2D eigenvalue weighted by Gasteiger charge is -2.33. The number of hydrogen-bond acceptors (Lipinski definition) is 2. The van der Waals surface area contributed by atoms with Crippen LogP contribution in [-0.2, 0) is 0 Å². The molecule has 2 saturated carbocycles. The molecule has 2 heteroatoms. The Morgan fingerprint density at radius 1 is 1.27 bits per heavy atom. The van der Waals surface area contributed by atoms with Gasteiger partial charge in [-0.2, -0.15) is 0 Å². The molecule has 1 saturated heterocycles. The lowest BCUT2D eigenvalue weighted by molar-refractivity contribution is 0.133. The highest BCUT2D eigenvalue weighted by molar-refractivity contribution is 4.99. The first kappa shape index (κ1) is 10.1. The molecule has 0 aromatic heterocycles. The zero-order valence-corrected chi connectivity index (χ0v) is 9.54. The Morgan fingerprint density at radius 3 is 2.73 bits per heavy atom. The summed E-state index contributed by atoms with van der Waals surface area (Å²) in [6.45, 7) is 1.46. The summed E-state index contributed by atoms with van der Waals surface area (Å²) in [6, 6.07) is 0. The summed E-state index contributed by atoms with van der Waals surface area (Å²) in [5.41, 5.74) is 0.106. The Morgan fingerprint density at radius 2 is 2.20 bits per heavy atom. The molecule has 2 N–H and O–H groups in total. The fraction of sp³-hybridized carbons (Fsp3) is 1.00. The summed E-state index contributed by atoms with van der Waals surface area (Å²) in [4.78, 5) is 0. The highest BCUT2D eigenvalue weighted by atomic mass is 16.3. The molecule has 0 radical (unpaired) electrons. The summed E-state index contributed by atoms with van der Waals surface area (Å²) in [6.07, 6.45) is 9.58. The van der Waals surface area contributed by atoms with Gasteiger partial charge in [-0.15, -0.1) is 0 Å². The molecule has 86 valence electrons. The van der Waals surface area contributed by atoms with Crippen molar-refractivity contribution in [3.05, 3.63) is 0 Å². The summed E-state index contributed by atoms with van der Waals surface area (Å²) < 4.78 is 0. The highest BCUT2D eigenvalue weighted by Crippen LogP contribution is 2.51. The number of aliphatic hydroxyl groups excluding tert-OH is 1. The molecule has 15 heavy (non-hydrogen) atoms. The molecule has 1 aliphatic heterocycles. The van der Waals surface area contributed by atoms with Gasteiger partial charge < -0.3 is 10.4 Å². The van der Waals surface area contributed by atoms with Gasteiger partial charge in [0, 0.05) is 5.54 Å². The van der Waals surface area contributed by atoms with Crippen molar-refractivity contribution in [3.8, 4) is 0 Å². The minimum Gasteiger partial charge on any atom is -0.394 e. The number of nitrogens with one attached hydrogen (secondary N) is 1. The summed E-state index contributed by atoms with van der Waals surface area (Å²) in [7, 11) is 0. The molecule has 3 rings (SSSR count). The third kappa shape index (κ3) is 1.72. The average Bonchev–Trinajstić information content (AvgIpc) is 2.93. The Hall–Kier alpha value is -0.0800. The maximum absolute atomic E-state index is 9.58. The number of aliphatic hydroxyl groups is 1. The summed E-state index contributed by atoms with van der Waals surface area (Å²) in [5.74, 6) is 2.96. The largest absolute Gasteiger partial charge is 0.394 e. The molecule has 3 fully saturated rings. The average molecular weight is 209 g/mol. The molecule has 4 unspecified atom stereocenters. The van der Waals surface area contributed by atoms with E-state index in [0.717, 1.165) is 24.3 Å². The third-order valence-electron chi connectivity index (χ3n) is 5.17. The van der Waals surface area contributed by atoms with Gasteiger partial charge in [0.2, 0.25) is 0 Å². The van der Waals surface area contributed by atoms with Crippen LogP contribution in [0.25, 0.3) is 0 Å². The molecule has 2 bridgehead atoms. The van der Waals surface area contributed by atoms with Gasteiger partial charge in [-0.05, 0) is 62.8 Å². The van der Waals surface area contributed by atoms with Gasteiger partial charge >= 0.3 is 0 Å². The summed E-state index contributed by atoms with van der Waals surface area (Å²) in [5, 5.41) is 13.1. The van der Waals surface area contributed by atoms with Crippen LogP contribution in [0.4, 0.5) is 0 Å². The van der Waals surface area contributed by atoms with Crippen LogP contribution in [-0.4, -0.2) is 23.8 Å². The van der Waals surface area contributed by atoms with Crippen LogP contribution in [0.15, 0.2) is 0 Å². The van der Waals surface area contributed by atoms with Crippen molar-refractivity contribution < 1.29 is 5.11 Å². The predicted molar refractivity (Wildman–Crippen MR) is 60.6 cm³/mol. The van der Waals surface area contributed by atoms with E-state index in [9.17, 15) is 5.11 Å². The van der Waals surface area contributed by atoms with Crippen molar-refractivity contribution in [2.75, 3.05) is 13.2 Å². The van der Waals surface area contributed by atoms with Crippen LogP contribution in [0.5, 0.6) is 0 Å². The van der Waals surface area contributed by atoms with Crippen molar-refractivity contribution in [3.63, 3.8) is 0 Å². The highest BCUT2D eigenvalue weighted by Gasteiger charge is 2.44. The molecular formula is C13H23NO. The van der Waals surface area contributed by atoms with Crippen LogP contribution < -0.4 is 5.32 Å². The first-order chi connectivity index (χ1) is 7.31. The molecule has 2 nitrogen and oxygen atoms in total. The normalized spacial score (nSPS) is 49.0. The van der Waals surface area contributed by atoms with Crippen LogP contribution in [0.3, 0.4) is 0 Å². The lowest BCUT2D eigenvalue weighted by Crippen LogP contribution is -2.45. The van der Waals surface area contributed by atoms with Gasteiger partial charge in [0.15, 0.2) is 0 Å². The van der Waals surface area contributed by atoms with E-state index in [1.165, 1.54) is 44.9 Å². The molecule has 2 aliphatic carbocycles. The van der Waals surface area contributed by atoms with Crippen molar-refractivity contribution in [1.82, 2.24) is 5.32 Å². The smallest absolute Gasteiger partial charge is 0.0613 e. The van der Waals surface area contributed by atoms with Crippen LogP contribution in [0.1, 0.15) is 44.9 Å². The zero-order valence-electron chi connectivity index (χ0n) is 9.54. The Kier molecular flexibility index (Phi) is 2.52. The predicted octanol–water partition coefficient (Wildman–Crippen LogP) is 1.93. The van der Waals surface area contributed by atoms with Crippen molar-refractivity contribution in [2.45, 2.75) is 50.5 Å². The number of fused-ring (bicyclic) bond motifs is 2. The molecule has 1 heterocycles. The SMILES string of the molecule is OCC1(CC2CC3CCC2C3)CCCN1. The van der Waals surface area contributed by atoms with Crippen LogP contribution in [0.2, 0.25) is 0 Å². The molecule has 0 amide bonds. The molecule has 0 aromatic carbocycles. The molecular weight excluding hydrogens is 186 g/mol. The van der Waals surface area contributed by atoms with Crippen molar-refractivity contribution in [1.29, 1.82) is 0 Å². The quantitative estimate of drug-likeness (QED) is 0.744. The van der Waals surface area contributed by atoms with Gasteiger partial charge in [0.1, 0.15) is 0 Å². The zero-order chi connectivity index (χ0) is 10.3. The molecule has 0 spiro atoms. The van der Waals surface area contributed by atoms with E-state index < -0.39 is 0 Å². The van der Waals surface area contributed by atoms with Gasteiger partial charge in [-0.3, -0.25) is 0 Å². The van der Waals surface area contributed by atoms with Crippen LogP contribution >= 0.6 is 0 Å². The first-order valence-electron chi connectivity index (χ1n) is 6.67. The Bertz CT molecular complexity index is 235.